The summed E-state index contributed by atoms with van der Waals surface area (Å²) in [5, 5.41) is 13.5. The number of para-hydroxylation sites is 1. The number of carbonyl (C=O) groups excluding carboxylic acids is 2. The van der Waals surface area contributed by atoms with Gasteiger partial charge in [0.2, 0.25) is 5.91 Å². The van der Waals surface area contributed by atoms with E-state index in [1.165, 1.54) is 11.8 Å². The molecule has 0 saturated heterocycles. The molecule has 3 amide bonds. The highest BCUT2D eigenvalue weighted by Gasteiger charge is 2.15. The largest absolute Gasteiger partial charge is 0.490 e. The summed E-state index contributed by atoms with van der Waals surface area (Å²) < 4.78 is 13.0. The van der Waals surface area contributed by atoms with Crippen molar-refractivity contribution in [3.63, 3.8) is 0 Å². The summed E-state index contributed by atoms with van der Waals surface area (Å²) in [6.45, 7) is 3.12. The van der Waals surface area contributed by atoms with Crippen LogP contribution in [0.3, 0.4) is 0 Å². The lowest BCUT2D eigenvalue weighted by Gasteiger charge is -2.11. The molecular formula is C21H21N5O4S. The van der Waals surface area contributed by atoms with E-state index in [2.05, 4.69) is 20.8 Å². The molecular weight excluding hydrogens is 418 g/mol. The molecule has 0 bridgehead atoms. The van der Waals surface area contributed by atoms with Crippen LogP contribution in [0, 0.1) is 6.92 Å². The molecule has 2 heterocycles. The van der Waals surface area contributed by atoms with E-state index in [0.29, 0.717) is 35.6 Å². The van der Waals surface area contributed by atoms with Crippen LogP contribution < -0.4 is 20.1 Å². The fourth-order valence-electron chi connectivity index (χ4n) is 3.02. The van der Waals surface area contributed by atoms with Crippen LogP contribution in [0.25, 0.3) is 5.69 Å². The number of aryl methyl sites for hydroxylation is 1. The lowest BCUT2D eigenvalue weighted by Crippen LogP contribution is -2.35. The second-order valence-corrected chi connectivity index (χ2v) is 7.72. The number of ether oxygens (including phenoxy) is 2. The van der Waals surface area contributed by atoms with Gasteiger partial charge in [0.05, 0.1) is 24.7 Å². The SMILES string of the molecule is Cc1ccccc1-n1cnnc1SCC(=O)NC(=O)Nc1ccc2c(c1)OCCCO2. The van der Waals surface area contributed by atoms with Crippen LogP contribution in [0.15, 0.2) is 53.9 Å². The van der Waals surface area contributed by atoms with Crippen LogP contribution in [0.4, 0.5) is 10.5 Å². The van der Waals surface area contributed by atoms with Gasteiger partial charge in [-0.25, -0.2) is 4.79 Å². The maximum absolute atomic E-state index is 12.2. The Balaban J connectivity index is 1.32. The number of thioether (sulfide) groups is 1. The molecule has 3 aromatic rings. The standard InChI is InChI=1S/C21H21N5O4S/c1-14-5-2-3-6-16(14)26-13-22-25-21(26)31-12-19(27)24-20(28)23-15-7-8-17-18(11-15)30-10-4-9-29-17/h2-3,5-8,11,13H,4,9-10,12H2,1H3,(H2,23,24,27,28). The third-order valence-electron chi connectivity index (χ3n) is 4.48. The fourth-order valence-corrected chi connectivity index (χ4v) is 3.74. The van der Waals surface area contributed by atoms with E-state index < -0.39 is 11.9 Å². The number of anilines is 1. The maximum atomic E-state index is 12.2. The molecule has 4 rings (SSSR count). The number of fused-ring (bicyclic) bond motifs is 1. The van der Waals surface area contributed by atoms with E-state index >= 15 is 0 Å². The highest BCUT2D eigenvalue weighted by atomic mass is 32.2. The van der Waals surface area contributed by atoms with E-state index in [9.17, 15) is 9.59 Å². The summed E-state index contributed by atoms with van der Waals surface area (Å²) >= 11 is 1.20. The van der Waals surface area contributed by atoms with Gasteiger partial charge in [-0.3, -0.25) is 14.7 Å². The van der Waals surface area contributed by atoms with E-state index in [1.54, 1.807) is 24.5 Å². The molecule has 0 fully saturated rings. The van der Waals surface area contributed by atoms with Crippen molar-refractivity contribution in [1.82, 2.24) is 20.1 Å². The first kappa shape index (κ1) is 20.7. The molecule has 31 heavy (non-hydrogen) atoms. The van der Waals surface area contributed by atoms with Gasteiger partial charge >= 0.3 is 6.03 Å². The summed E-state index contributed by atoms with van der Waals surface area (Å²) in [5.74, 6) is 0.761. The fraction of sp³-hybridized carbons (Fsp3) is 0.238. The first-order chi connectivity index (χ1) is 15.1. The Labute approximate surface area is 183 Å². The number of urea groups is 1. The molecule has 0 saturated carbocycles. The molecule has 1 aliphatic heterocycles. The van der Waals surface area contributed by atoms with Gasteiger partial charge in [0.15, 0.2) is 16.7 Å². The van der Waals surface area contributed by atoms with E-state index in [-0.39, 0.29) is 5.75 Å². The van der Waals surface area contributed by atoms with Crippen LogP contribution >= 0.6 is 11.8 Å². The molecule has 1 aliphatic rings. The normalized spacial score (nSPS) is 12.7. The lowest BCUT2D eigenvalue weighted by atomic mass is 10.2. The Bertz CT molecular complexity index is 1100. The monoisotopic (exact) mass is 439 g/mol. The maximum Gasteiger partial charge on any atom is 0.325 e. The van der Waals surface area contributed by atoms with Gasteiger partial charge in [-0.05, 0) is 30.7 Å². The minimum Gasteiger partial charge on any atom is -0.490 e. The first-order valence-electron chi connectivity index (χ1n) is 9.69. The number of nitrogens with one attached hydrogen (secondary N) is 2. The molecule has 0 unspecified atom stereocenters. The average Bonchev–Trinajstić information content (AvgIpc) is 3.09. The highest BCUT2D eigenvalue weighted by molar-refractivity contribution is 7.99. The number of benzene rings is 2. The molecule has 0 atom stereocenters. The van der Waals surface area contributed by atoms with E-state index in [0.717, 1.165) is 17.7 Å². The van der Waals surface area contributed by atoms with Gasteiger partial charge in [-0.1, -0.05) is 30.0 Å². The first-order valence-corrected chi connectivity index (χ1v) is 10.7. The van der Waals surface area contributed by atoms with Crippen molar-refractivity contribution < 1.29 is 19.1 Å². The van der Waals surface area contributed by atoms with Crippen LogP contribution in [-0.2, 0) is 4.79 Å². The number of rotatable bonds is 5. The summed E-state index contributed by atoms with van der Waals surface area (Å²) in [6.07, 6.45) is 2.39. The number of hydrogen-bond acceptors (Lipinski definition) is 7. The predicted octanol–water partition coefficient (Wildman–Crippen LogP) is 3.18. The second kappa shape index (κ2) is 9.52. The van der Waals surface area contributed by atoms with Crippen LogP contribution in [-0.4, -0.2) is 45.7 Å². The summed E-state index contributed by atoms with van der Waals surface area (Å²) in [5.41, 5.74) is 2.49. The van der Waals surface area contributed by atoms with Crippen LogP contribution in [0.5, 0.6) is 11.5 Å². The third kappa shape index (κ3) is 5.15. The molecule has 0 aliphatic carbocycles. The van der Waals surface area contributed by atoms with Crippen molar-refractivity contribution in [2.24, 2.45) is 0 Å². The van der Waals surface area contributed by atoms with Crippen molar-refractivity contribution in [3.8, 4) is 17.2 Å². The zero-order valence-electron chi connectivity index (χ0n) is 16.8. The van der Waals surface area contributed by atoms with Crippen molar-refractivity contribution in [3.05, 3.63) is 54.4 Å². The van der Waals surface area contributed by atoms with E-state index in [1.807, 2.05) is 35.8 Å². The molecule has 1 aromatic heterocycles. The number of hydrogen-bond donors (Lipinski definition) is 2. The van der Waals surface area contributed by atoms with Gasteiger partial charge in [-0.15, -0.1) is 10.2 Å². The number of aromatic nitrogens is 3. The number of carbonyl (C=O) groups is 2. The van der Waals surface area contributed by atoms with Gasteiger partial charge in [0, 0.05) is 18.2 Å². The topological polar surface area (TPSA) is 107 Å². The summed E-state index contributed by atoms with van der Waals surface area (Å²) in [6, 6.07) is 12.3. The van der Waals surface area contributed by atoms with Crippen molar-refractivity contribution in [2.75, 3.05) is 24.3 Å². The number of imide groups is 1. The molecule has 0 spiro atoms. The number of amides is 3. The van der Waals surface area contributed by atoms with Crippen molar-refractivity contribution in [2.45, 2.75) is 18.5 Å². The summed E-state index contributed by atoms with van der Waals surface area (Å²) in [7, 11) is 0. The third-order valence-corrected chi connectivity index (χ3v) is 5.43. The van der Waals surface area contributed by atoms with Crippen LogP contribution in [0.1, 0.15) is 12.0 Å². The van der Waals surface area contributed by atoms with E-state index in [4.69, 9.17) is 9.47 Å². The Morgan fingerprint density at radius 2 is 1.94 bits per heavy atom. The zero-order valence-corrected chi connectivity index (χ0v) is 17.6. The zero-order chi connectivity index (χ0) is 21.6. The average molecular weight is 439 g/mol. The quantitative estimate of drug-likeness (QED) is 0.588. The Morgan fingerprint density at radius 3 is 2.77 bits per heavy atom. The molecule has 2 N–H and O–H groups in total. The Morgan fingerprint density at radius 1 is 1.13 bits per heavy atom. The molecule has 160 valence electrons. The lowest BCUT2D eigenvalue weighted by molar-refractivity contribution is -0.117. The number of nitrogens with zero attached hydrogens (tertiary/aromatic N) is 3. The van der Waals surface area contributed by atoms with Gasteiger partial charge < -0.3 is 14.8 Å². The minimum atomic E-state index is -0.625. The Kier molecular flexibility index (Phi) is 6.37. The van der Waals surface area contributed by atoms with Gasteiger partial charge in [-0.2, -0.15) is 0 Å². The smallest absolute Gasteiger partial charge is 0.325 e. The van der Waals surface area contributed by atoms with Crippen molar-refractivity contribution >= 4 is 29.4 Å². The molecule has 10 heteroatoms. The molecule has 2 aromatic carbocycles. The van der Waals surface area contributed by atoms with Crippen molar-refractivity contribution in [1.29, 1.82) is 0 Å². The minimum absolute atomic E-state index is 0.0130. The van der Waals surface area contributed by atoms with Gasteiger partial charge in [0.1, 0.15) is 6.33 Å². The highest BCUT2D eigenvalue weighted by Crippen LogP contribution is 2.32. The molecule has 9 nitrogen and oxygen atoms in total. The predicted molar refractivity (Wildman–Crippen MR) is 116 cm³/mol. The molecule has 0 radical (unpaired) electrons. The van der Waals surface area contributed by atoms with Gasteiger partial charge in [0.25, 0.3) is 0 Å². The second-order valence-electron chi connectivity index (χ2n) is 6.77. The Hall–Kier alpha value is -3.53. The van der Waals surface area contributed by atoms with Crippen LogP contribution in [0.2, 0.25) is 0 Å². The summed E-state index contributed by atoms with van der Waals surface area (Å²) in [4.78, 5) is 24.4.